The summed E-state index contributed by atoms with van der Waals surface area (Å²) in [7, 11) is 0. The molecule has 0 spiro atoms. The molecule has 0 fully saturated rings. The van der Waals surface area contributed by atoms with E-state index in [1.54, 1.807) is 12.4 Å². The Labute approximate surface area is 60.4 Å². The molecular weight excluding hydrogens is 124 g/mol. The van der Waals surface area contributed by atoms with Crippen molar-refractivity contribution < 1.29 is 0 Å². The second-order valence-electron chi connectivity index (χ2n) is 2.17. The van der Waals surface area contributed by atoms with Gasteiger partial charge in [-0.25, -0.2) is 0 Å². The fourth-order valence-corrected chi connectivity index (χ4v) is 0.723. The Balaban J connectivity index is 2.87. The highest BCUT2D eigenvalue weighted by Gasteiger charge is 1.83. The number of hydrogen-bond acceptors (Lipinski definition) is 2. The minimum absolute atomic E-state index is 0.811. The molecule has 0 radical (unpaired) electrons. The number of hydrogen-bond donors (Lipinski definition) is 1. The maximum absolute atomic E-state index is 5.47. The summed E-state index contributed by atoms with van der Waals surface area (Å²) in [5.41, 5.74) is 7.37. The van der Waals surface area contributed by atoms with Crippen molar-refractivity contribution in [1.29, 1.82) is 0 Å². The molecule has 0 unspecified atom stereocenters. The molecule has 0 bridgehead atoms. The number of pyridine rings is 1. The Bertz CT molecular complexity index is 222. The Hall–Kier alpha value is -1.31. The van der Waals surface area contributed by atoms with Crippen molar-refractivity contribution in [1.82, 2.24) is 4.98 Å². The van der Waals surface area contributed by atoms with E-state index in [2.05, 4.69) is 4.98 Å². The first-order valence-corrected chi connectivity index (χ1v) is 3.13. The standard InChI is InChI=1S/C8H10N2/c1-7(9)6-8-2-4-10-5-3-8/h2-6H,9H2,1H3/b7-6-. The van der Waals surface area contributed by atoms with Crippen LogP contribution in [0.2, 0.25) is 0 Å². The van der Waals surface area contributed by atoms with Crippen LogP contribution in [0.4, 0.5) is 0 Å². The smallest absolute Gasteiger partial charge is 0.0273 e. The Kier molecular flexibility index (Phi) is 2.05. The lowest BCUT2D eigenvalue weighted by Gasteiger charge is -1.91. The third-order valence-corrected chi connectivity index (χ3v) is 1.10. The van der Waals surface area contributed by atoms with Gasteiger partial charge < -0.3 is 5.73 Å². The Morgan fingerprint density at radius 3 is 2.60 bits per heavy atom. The predicted molar refractivity (Wildman–Crippen MR) is 42.1 cm³/mol. The van der Waals surface area contributed by atoms with Crippen molar-refractivity contribution in [2.45, 2.75) is 6.92 Å². The number of nitrogens with two attached hydrogens (primary N) is 1. The van der Waals surface area contributed by atoms with Crippen LogP contribution in [0.1, 0.15) is 12.5 Å². The monoisotopic (exact) mass is 134 g/mol. The molecule has 52 valence electrons. The van der Waals surface area contributed by atoms with Gasteiger partial charge in [0.25, 0.3) is 0 Å². The van der Waals surface area contributed by atoms with E-state index in [9.17, 15) is 0 Å². The quantitative estimate of drug-likeness (QED) is 0.630. The van der Waals surface area contributed by atoms with Gasteiger partial charge in [0.05, 0.1) is 0 Å². The molecule has 2 nitrogen and oxygen atoms in total. The topological polar surface area (TPSA) is 38.9 Å². The SMILES string of the molecule is C/C(N)=C/c1ccncc1. The van der Waals surface area contributed by atoms with Crippen molar-refractivity contribution >= 4 is 6.08 Å². The average molecular weight is 134 g/mol. The fourth-order valence-electron chi connectivity index (χ4n) is 0.723. The molecule has 0 saturated carbocycles. The van der Waals surface area contributed by atoms with Gasteiger partial charge in [-0.3, -0.25) is 4.98 Å². The average Bonchev–Trinajstić information content (AvgIpc) is 1.88. The van der Waals surface area contributed by atoms with Crippen molar-refractivity contribution in [3.05, 3.63) is 35.8 Å². The first kappa shape index (κ1) is 6.81. The van der Waals surface area contributed by atoms with E-state index in [-0.39, 0.29) is 0 Å². The van der Waals surface area contributed by atoms with Crippen LogP contribution in [-0.2, 0) is 0 Å². The van der Waals surface area contributed by atoms with Gasteiger partial charge in [-0.05, 0) is 30.7 Å². The zero-order valence-electron chi connectivity index (χ0n) is 5.91. The molecular formula is C8H10N2. The summed E-state index contributed by atoms with van der Waals surface area (Å²) in [6, 6.07) is 3.83. The molecule has 2 N–H and O–H groups in total. The fraction of sp³-hybridized carbons (Fsp3) is 0.125. The zero-order valence-corrected chi connectivity index (χ0v) is 5.91. The van der Waals surface area contributed by atoms with Gasteiger partial charge in [0.2, 0.25) is 0 Å². The van der Waals surface area contributed by atoms with Crippen molar-refractivity contribution in [2.24, 2.45) is 5.73 Å². The van der Waals surface area contributed by atoms with Crippen LogP contribution in [-0.4, -0.2) is 4.98 Å². The van der Waals surface area contributed by atoms with Gasteiger partial charge >= 0.3 is 0 Å². The van der Waals surface area contributed by atoms with Gasteiger partial charge in [0.15, 0.2) is 0 Å². The molecule has 1 aromatic heterocycles. The van der Waals surface area contributed by atoms with Crippen molar-refractivity contribution in [3.63, 3.8) is 0 Å². The minimum Gasteiger partial charge on any atom is -0.402 e. The second-order valence-corrected chi connectivity index (χ2v) is 2.17. The number of aromatic nitrogens is 1. The highest BCUT2D eigenvalue weighted by molar-refractivity contribution is 5.50. The first-order valence-electron chi connectivity index (χ1n) is 3.13. The third kappa shape index (κ3) is 1.90. The lowest BCUT2D eigenvalue weighted by atomic mass is 10.2. The van der Waals surface area contributed by atoms with E-state index in [0.717, 1.165) is 11.3 Å². The van der Waals surface area contributed by atoms with Gasteiger partial charge in [-0.15, -0.1) is 0 Å². The summed E-state index contributed by atoms with van der Waals surface area (Å²) in [6.45, 7) is 1.86. The molecule has 10 heavy (non-hydrogen) atoms. The maximum atomic E-state index is 5.47. The van der Waals surface area contributed by atoms with Crippen LogP contribution < -0.4 is 5.73 Å². The lowest BCUT2D eigenvalue weighted by Crippen LogP contribution is -1.89. The minimum atomic E-state index is 0.811. The van der Waals surface area contributed by atoms with E-state index in [1.807, 2.05) is 25.1 Å². The molecule has 0 aliphatic carbocycles. The number of rotatable bonds is 1. The van der Waals surface area contributed by atoms with Gasteiger partial charge in [0, 0.05) is 18.1 Å². The molecule has 1 aromatic rings. The van der Waals surface area contributed by atoms with Gasteiger partial charge in [0.1, 0.15) is 0 Å². The summed E-state index contributed by atoms with van der Waals surface area (Å²) in [5.74, 6) is 0. The van der Waals surface area contributed by atoms with Crippen molar-refractivity contribution in [3.8, 4) is 0 Å². The molecule has 0 atom stereocenters. The second kappa shape index (κ2) is 3.01. The number of nitrogens with zero attached hydrogens (tertiary/aromatic N) is 1. The highest BCUT2D eigenvalue weighted by atomic mass is 14.6. The number of allylic oxidation sites excluding steroid dienone is 1. The summed E-state index contributed by atoms with van der Waals surface area (Å²) in [6.07, 6.45) is 5.39. The molecule has 0 aliphatic rings. The van der Waals surface area contributed by atoms with E-state index in [1.165, 1.54) is 0 Å². The Morgan fingerprint density at radius 2 is 2.10 bits per heavy atom. The summed E-state index contributed by atoms with van der Waals surface area (Å²) in [4.78, 5) is 3.88. The van der Waals surface area contributed by atoms with Gasteiger partial charge in [-0.1, -0.05) is 0 Å². The van der Waals surface area contributed by atoms with Crippen LogP contribution >= 0.6 is 0 Å². The van der Waals surface area contributed by atoms with Crippen molar-refractivity contribution in [2.75, 3.05) is 0 Å². The Morgan fingerprint density at radius 1 is 1.50 bits per heavy atom. The lowest BCUT2D eigenvalue weighted by molar-refractivity contribution is 1.30. The van der Waals surface area contributed by atoms with E-state index in [4.69, 9.17) is 5.73 Å². The summed E-state index contributed by atoms with van der Waals surface area (Å²) >= 11 is 0. The van der Waals surface area contributed by atoms with Gasteiger partial charge in [-0.2, -0.15) is 0 Å². The largest absolute Gasteiger partial charge is 0.402 e. The molecule has 2 heteroatoms. The van der Waals surface area contributed by atoms with E-state index < -0.39 is 0 Å². The summed E-state index contributed by atoms with van der Waals surface area (Å²) < 4.78 is 0. The van der Waals surface area contributed by atoms with Crippen LogP contribution in [0.15, 0.2) is 30.2 Å². The van der Waals surface area contributed by atoms with Crippen LogP contribution in [0.25, 0.3) is 6.08 Å². The normalized spacial score (nSPS) is 11.5. The van der Waals surface area contributed by atoms with Crippen LogP contribution in [0.3, 0.4) is 0 Å². The van der Waals surface area contributed by atoms with E-state index in [0.29, 0.717) is 0 Å². The molecule has 1 heterocycles. The molecule has 0 amide bonds. The maximum Gasteiger partial charge on any atom is 0.0273 e. The highest BCUT2D eigenvalue weighted by Crippen LogP contribution is 2.00. The molecule has 0 saturated heterocycles. The van der Waals surface area contributed by atoms with Crippen LogP contribution in [0, 0.1) is 0 Å². The van der Waals surface area contributed by atoms with Crippen LogP contribution in [0.5, 0.6) is 0 Å². The third-order valence-electron chi connectivity index (χ3n) is 1.10. The predicted octanol–water partition coefficient (Wildman–Crippen LogP) is 1.40. The summed E-state index contributed by atoms with van der Waals surface area (Å²) in [5, 5.41) is 0. The first-order chi connectivity index (χ1) is 4.79. The van der Waals surface area contributed by atoms with E-state index >= 15 is 0 Å². The molecule has 1 rings (SSSR count). The zero-order chi connectivity index (χ0) is 7.40. The molecule has 0 aliphatic heterocycles. The molecule has 0 aromatic carbocycles.